The molecule has 0 radical (unpaired) electrons. The van der Waals surface area contributed by atoms with Crippen LogP contribution in [0.3, 0.4) is 0 Å². The molecule has 198 valence electrons. The van der Waals surface area contributed by atoms with E-state index in [1.807, 2.05) is 26.0 Å². The van der Waals surface area contributed by atoms with Crippen molar-refractivity contribution >= 4 is 11.9 Å². The summed E-state index contributed by atoms with van der Waals surface area (Å²) in [4.78, 5) is 18.1. The second-order valence-electron chi connectivity index (χ2n) is 10.3. The highest BCUT2D eigenvalue weighted by Crippen LogP contribution is 2.30. The zero-order valence-corrected chi connectivity index (χ0v) is 22.4. The van der Waals surface area contributed by atoms with E-state index >= 15 is 0 Å². The van der Waals surface area contributed by atoms with Crippen LogP contribution in [0.25, 0.3) is 0 Å². The van der Waals surface area contributed by atoms with Gasteiger partial charge in [0.05, 0.1) is 0 Å². The molecule has 9 nitrogen and oxygen atoms in total. The number of benzene rings is 1. The first-order valence-corrected chi connectivity index (χ1v) is 13.3. The normalized spacial score (nSPS) is 19.0. The van der Waals surface area contributed by atoms with Gasteiger partial charge in [-0.15, -0.1) is 10.2 Å². The smallest absolute Gasteiger partial charge is 0.227 e. The van der Waals surface area contributed by atoms with Crippen LogP contribution in [-0.2, 0) is 22.5 Å². The molecule has 9 heteroatoms. The minimum Gasteiger partial charge on any atom is -0.492 e. The lowest BCUT2D eigenvalue weighted by Crippen LogP contribution is -2.45. The third-order valence-corrected chi connectivity index (χ3v) is 7.37. The Bertz CT molecular complexity index is 962. The number of rotatable bonds is 10. The molecule has 1 amide bonds. The number of likely N-dealkylation sites (N-methyl/N-ethyl adjacent to an activating group) is 1. The van der Waals surface area contributed by atoms with Crippen LogP contribution in [0.1, 0.15) is 56.5 Å². The average Bonchev–Trinajstić information content (AvgIpc) is 3.32. The van der Waals surface area contributed by atoms with Crippen molar-refractivity contribution in [3.05, 3.63) is 35.7 Å². The van der Waals surface area contributed by atoms with Gasteiger partial charge in [-0.1, -0.05) is 12.1 Å². The van der Waals surface area contributed by atoms with E-state index in [-0.39, 0.29) is 18.1 Å². The van der Waals surface area contributed by atoms with E-state index in [1.54, 1.807) is 6.92 Å². The number of ether oxygens (including phenoxy) is 2. The first kappa shape index (κ1) is 26.4. The molecule has 2 aliphatic rings. The average molecular weight is 499 g/mol. The summed E-state index contributed by atoms with van der Waals surface area (Å²) in [6, 6.07) is 8.69. The largest absolute Gasteiger partial charge is 0.492 e. The minimum atomic E-state index is 0.00820. The fourth-order valence-corrected chi connectivity index (χ4v) is 4.99. The standard InChI is InChI=1S/C27H42N6O3/c1-21(34)31(4)23-13-15-32(16-14-23)27-29-28-26(25-7-5-6-19-36-25)33(27)17-12-22-8-10-24(11-9-22)35-20-18-30(2)3/h8-11,23,25H,5-7,12-20H2,1-4H3. The van der Waals surface area contributed by atoms with Crippen molar-refractivity contribution in [2.75, 3.05) is 58.9 Å². The zero-order valence-electron chi connectivity index (χ0n) is 22.4. The molecule has 0 saturated carbocycles. The number of amides is 1. The van der Waals surface area contributed by atoms with Gasteiger partial charge in [-0.25, -0.2) is 0 Å². The van der Waals surface area contributed by atoms with Crippen molar-refractivity contribution in [3.8, 4) is 5.75 Å². The Hall–Kier alpha value is -2.65. The number of carbonyl (C=O) groups excluding carboxylic acids is 1. The molecular weight excluding hydrogens is 456 g/mol. The minimum absolute atomic E-state index is 0.00820. The summed E-state index contributed by atoms with van der Waals surface area (Å²) in [5.41, 5.74) is 1.26. The first-order valence-electron chi connectivity index (χ1n) is 13.3. The van der Waals surface area contributed by atoms with Gasteiger partial charge in [-0.05, 0) is 70.3 Å². The fourth-order valence-electron chi connectivity index (χ4n) is 4.99. The van der Waals surface area contributed by atoms with Gasteiger partial charge >= 0.3 is 0 Å². The number of anilines is 1. The van der Waals surface area contributed by atoms with Crippen LogP contribution in [0.4, 0.5) is 5.95 Å². The molecule has 1 aromatic carbocycles. The summed E-state index contributed by atoms with van der Waals surface area (Å²) in [5, 5.41) is 9.28. The van der Waals surface area contributed by atoms with Crippen LogP contribution in [0.5, 0.6) is 5.75 Å². The lowest BCUT2D eigenvalue weighted by Gasteiger charge is -2.37. The second kappa shape index (κ2) is 12.5. The van der Waals surface area contributed by atoms with E-state index in [2.05, 4.69) is 48.8 Å². The molecule has 1 atom stereocenters. The molecule has 2 aromatic rings. The Labute approximate surface area is 215 Å². The van der Waals surface area contributed by atoms with Crippen LogP contribution in [0.2, 0.25) is 0 Å². The number of hydrogen-bond acceptors (Lipinski definition) is 7. The highest BCUT2D eigenvalue weighted by Gasteiger charge is 2.29. The van der Waals surface area contributed by atoms with E-state index in [4.69, 9.17) is 9.47 Å². The van der Waals surface area contributed by atoms with Crippen molar-refractivity contribution in [2.24, 2.45) is 0 Å². The van der Waals surface area contributed by atoms with Crippen molar-refractivity contribution in [1.82, 2.24) is 24.6 Å². The number of hydrogen-bond donors (Lipinski definition) is 0. The topological polar surface area (TPSA) is 76.0 Å². The summed E-state index contributed by atoms with van der Waals surface area (Å²) < 4.78 is 14.2. The molecule has 2 fully saturated rings. The van der Waals surface area contributed by atoms with Gasteiger partial charge in [-0.2, -0.15) is 0 Å². The van der Waals surface area contributed by atoms with Crippen LogP contribution in [0.15, 0.2) is 24.3 Å². The van der Waals surface area contributed by atoms with Crippen LogP contribution in [-0.4, -0.2) is 90.5 Å². The van der Waals surface area contributed by atoms with Crippen molar-refractivity contribution in [3.63, 3.8) is 0 Å². The predicted octanol–water partition coefficient (Wildman–Crippen LogP) is 3.15. The lowest BCUT2D eigenvalue weighted by molar-refractivity contribution is -0.129. The number of carbonyl (C=O) groups is 1. The van der Waals surface area contributed by atoms with Gasteiger partial charge < -0.3 is 24.2 Å². The quantitative estimate of drug-likeness (QED) is 0.498. The molecule has 0 aliphatic carbocycles. The van der Waals surface area contributed by atoms with Gasteiger partial charge in [0.15, 0.2) is 5.82 Å². The molecule has 0 spiro atoms. The molecule has 0 bridgehead atoms. The highest BCUT2D eigenvalue weighted by atomic mass is 16.5. The van der Waals surface area contributed by atoms with Crippen molar-refractivity contribution in [2.45, 2.75) is 64.1 Å². The Balaban J connectivity index is 1.44. The number of piperidine rings is 1. The molecule has 3 heterocycles. The molecule has 36 heavy (non-hydrogen) atoms. The Morgan fingerprint density at radius 1 is 1.08 bits per heavy atom. The predicted molar refractivity (Wildman–Crippen MR) is 140 cm³/mol. The molecule has 4 rings (SSSR count). The number of aryl methyl sites for hydroxylation is 1. The molecular formula is C27H42N6O3. The van der Waals surface area contributed by atoms with E-state index in [1.165, 1.54) is 5.56 Å². The van der Waals surface area contributed by atoms with Gasteiger partial charge in [0.1, 0.15) is 18.5 Å². The third-order valence-electron chi connectivity index (χ3n) is 7.37. The fraction of sp³-hybridized carbons (Fsp3) is 0.667. The first-order chi connectivity index (χ1) is 17.4. The Morgan fingerprint density at radius 2 is 1.83 bits per heavy atom. The van der Waals surface area contributed by atoms with Gasteiger partial charge in [0.25, 0.3) is 0 Å². The second-order valence-corrected chi connectivity index (χ2v) is 10.3. The third kappa shape index (κ3) is 6.76. The van der Waals surface area contributed by atoms with Crippen LogP contribution >= 0.6 is 0 Å². The zero-order chi connectivity index (χ0) is 25.5. The molecule has 1 aromatic heterocycles. The molecule has 2 aliphatic heterocycles. The molecule has 0 N–H and O–H groups in total. The molecule has 2 saturated heterocycles. The van der Waals surface area contributed by atoms with Crippen LogP contribution < -0.4 is 9.64 Å². The summed E-state index contributed by atoms with van der Waals surface area (Å²) in [5.74, 6) is 2.89. The number of aromatic nitrogens is 3. The Kier molecular flexibility index (Phi) is 9.20. The summed E-state index contributed by atoms with van der Waals surface area (Å²) in [7, 11) is 6.00. The van der Waals surface area contributed by atoms with E-state index in [0.29, 0.717) is 6.61 Å². The highest BCUT2D eigenvalue weighted by molar-refractivity contribution is 5.73. The maximum absolute atomic E-state index is 11.8. The lowest BCUT2D eigenvalue weighted by atomic mass is 10.0. The van der Waals surface area contributed by atoms with Gasteiger partial charge in [0.2, 0.25) is 11.9 Å². The SMILES string of the molecule is CC(=O)N(C)C1CCN(c2nnc(C3CCCCO3)n2CCc2ccc(OCCN(C)C)cc2)CC1. The van der Waals surface area contributed by atoms with E-state index < -0.39 is 0 Å². The maximum Gasteiger partial charge on any atom is 0.227 e. The number of nitrogens with zero attached hydrogens (tertiary/aromatic N) is 6. The van der Waals surface area contributed by atoms with E-state index in [0.717, 1.165) is 88.8 Å². The summed E-state index contributed by atoms with van der Waals surface area (Å²) >= 11 is 0. The summed E-state index contributed by atoms with van der Waals surface area (Å²) in [6.45, 7) is 6.53. The van der Waals surface area contributed by atoms with Gasteiger partial charge in [-0.3, -0.25) is 9.36 Å². The van der Waals surface area contributed by atoms with Crippen molar-refractivity contribution in [1.29, 1.82) is 0 Å². The van der Waals surface area contributed by atoms with Gasteiger partial charge in [0, 0.05) is 52.8 Å². The van der Waals surface area contributed by atoms with Crippen molar-refractivity contribution < 1.29 is 14.3 Å². The van der Waals surface area contributed by atoms with Crippen LogP contribution in [0, 0.1) is 0 Å². The molecule has 1 unspecified atom stereocenters. The van der Waals surface area contributed by atoms with E-state index in [9.17, 15) is 4.79 Å². The summed E-state index contributed by atoms with van der Waals surface area (Å²) in [6.07, 6.45) is 6.02. The monoisotopic (exact) mass is 498 g/mol. The maximum atomic E-state index is 11.8. The Morgan fingerprint density at radius 3 is 2.47 bits per heavy atom.